The molecule has 3 heteroatoms. The van der Waals surface area contributed by atoms with Gasteiger partial charge in [-0.05, 0) is 36.7 Å². The molecular weight excluding hydrogens is 252 g/mol. The Balaban J connectivity index is 2.06. The van der Waals surface area contributed by atoms with Gasteiger partial charge in [0.1, 0.15) is 0 Å². The van der Waals surface area contributed by atoms with E-state index in [1.54, 1.807) is 11.5 Å². The lowest BCUT2D eigenvalue weighted by Crippen LogP contribution is -1.77. The number of hydrogen-bond acceptors (Lipinski definition) is 2. The number of benzene rings is 2. The van der Waals surface area contributed by atoms with Gasteiger partial charge in [-0.15, -0.1) is 0 Å². The van der Waals surface area contributed by atoms with Gasteiger partial charge in [0, 0.05) is 28.0 Å². The van der Waals surface area contributed by atoms with Crippen molar-refractivity contribution in [3.8, 4) is 11.3 Å². The van der Waals surface area contributed by atoms with E-state index in [0.29, 0.717) is 0 Å². The Morgan fingerprint density at radius 1 is 1.05 bits per heavy atom. The maximum Gasteiger partial charge on any atom is 0.0940 e. The summed E-state index contributed by atoms with van der Waals surface area (Å²) >= 11 is 1.56. The van der Waals surface area contributed by atoms with E-state index in [1.807, 2.05) is 0 Å². The number of aryl methyl sites for hydroxylation is 1. The lowest BCUT2D eigenvalue weighted by Gasteiger charge is -1.98. The molecule has 19 heavy (non-hydrogen) atoms. The Bertz CT molecular complexity index is 886. The third-order valence-electron chi connectivity index (χ3n) is 3.47. The molecule has 0 radical (unpaired) electrons. The van der Waals surface area contributed by atoms with Crippen LogP contribution in [0.1, 0.15) is 5.56 Å². The first kappa shape index (κ1) is 10.8. The molecule has 4 aromatic rings. The first-order valence-electron chi connectivity index (χ1n) is 6.25. The number of nitrogens with zero attached hydrogens (tertiary/aromatic N) is 1. The molecule has 0 saturated carbocycles. The summed E-state index contributed by atoms with van der Waals surface area (Å²) in [6.45, 7) is 2.12. The molecule has 0 spiro atoms. The number of H-pyrrole nitrogens is 1. The van der Waals surface area contributed by atoms with Crippen LogP contribution in [0.3, 0.4) is 0 Å². The third kappa shape index (κ3) is 1.59. The van der Waals surface area contributed by atoms with E-state index in [9.17, 15) is 0 Å². The summed E-state index contributed by atoms with van der Waals surface area (Å²) < 4.78 is 5.87. The van der Waals surface area contributed by atoms with Crippen molar-refractivity contribution < 1.29 is 0 Å². The number of fused-ring (bicyclic) bond motifs is 2. The van der Waals surface area contributed by atoms with Crippen molar-refractivity contribution >= 4 is 32.5 Å². The highest BCUT2D eigenvalue weighted by Crippen LogP contribution is 2.35. The van der Waals surface area contributed by atoms with Crippen molar-refractivity contribution in [1.82, 2.24) is 9.36 Å². The smallest absolute Gasteiger partial charge is 0.0940 e. The minimum absolute atomic E-state index is 1.08. The van der Waals surface area contributed by atoms with E-state index in [2.05, 4.69) is 64.9 Å². The minimum Gasteiger partial charge on any atom is -0.360 e. The third-order valence-corrected chi connectivity index (χ3v) is 4.30. The Morgan fingerprint density at radius 3 is 2.89 bits per heavy atom. The van der Waals surface area contributed by atoms with Gasteiger partial charge in [-0.1, -0.05) is 29.8 Å². The van der Waals surface area contributed by atoms with Crippen molar-refractivity contribution in [3.63, 3.8) is 0 Å². The lowest BCUT2D eigenvalue weighted by molar-refractivity contribution is 1.45. The molecule has 0 amide bonds. The molecule has 0 bridgehead atoms. The van der Waals surface area contributed by atoms with E-state index < -0.39 is 0 Å². The second kappa shape index (κ2) is 3.93. The highest BCUT2D eigenvalue weighted by Gasteiger charge is 2.12. The summed E-state index contributed by atoms with van der Waals surface area (Å²) in [7, 11) is 0. The van der Waals surface area contributed by atoms with Gasteiger partial charge in [-0.3, -0.25) is 0 Å². The normalized spacial score (nSPS) is 11.4. The minimum atomic E-state index is 1.08. The number of rotatable bonds is 1. The summed E-state index contributed by atoms with van der Waals surface area (Å²) in [6.07, 6.45) is 2.06. The number of hydrogen-bond donors (Lipinski definition) is 1. The van der Waals surface area contributed by atoms with E-state index in [0.717, 1.165) is 11.2 Å². The number of aromatic nitrogens is 2. The maximum atomic E-state index is 4.64. The van der Waals surface area contributed by atoms with Crippen LogP contribution in [-0.2, 0) is 0 Å². The van der Waals surface area contributed by atoms with E-state index in [4.69, 9.17) is 0 Å². The molecule has 0 aliphatic rings. The molecule has 0 aliphatic heterocycles. The average molecular weight is 264 g/mol. The quantitative estimate of drug-likeness (QED) is 0.528. The first-order valence-corrected chi connectivity index (χ1v) is 7.03. The van der Waals surface area contributed by atoms with Gasteiger partial charge < -0.3 is 4.98 Å². The summed E-state index contributed by atoms with van der Waals surface area (Å²) in [5.74, 6) is 0. The zero-order valence-electron chi connectivity index (χ0n) is 10.5. The molecule has 1 N–H and O–H groups in total. The van der Waals surface area contributed by atoms with Crippen molar-refractivity contribution in [2.45, 2.75) is 6.92 Å². The molecule has 2 heterocycles. The largest absolute Gasteiger partial charge is 0.360 e. The SMILES string of the molecule is Cc1ccc2[nH]cc(-c3nsc4ccccc34)c2c1. The lowest BCUT2D eigenvalue weighted by atomic mass is 10.1. The Kier molecular flexibility index (Phi) is 2.23. The maximum absolute atomic E-state index is 4.64. The average Bonchev–Trinajstić information content (AvgIpc) is 3.01. The number of aromatic amines is 1. The molecule has 0 atom stereocenters. The van der Waals surface area contributed by atoms with Crippen molar-refractivity contribution in [2.75, 3.05) is 0 Å². The molecule has 4 rings (SSSR count). The van der Waals surface area contributed by atoms with Crippen molar-refractivity contribution in [1.29, 1.82) is 0 Å². The molecule has 0 saturated heterocycles. The van der Waals surface area contributed by atoms with Crippen LogP contribution < -0.4 is 0 Å². The van der Waals surface area contributed by atoms with Gasteiger partial charge in [0.25, 0.3) is 0 Å². The zero-order valence-corrected chi connectivity index (χ0v) is 11.3. The van der Waals surface area contributed by atoms with Crippen LogP contribution in [-0.4, -0.2) is 9.36 Å². The predicted octanol–water partition coefficient (Wildman–Crippen LogP) is 4.75. The van der Waals surface area contributed by atoms with E-state index in [1.165, 1.54) is 26.6 Å². The molecule has 2 aromatic heterocycles. The van der Waals surface area contributed by atoms with Crippen molar-refractivity contribution in [3.05, 3.63) is 54.2 Å². The highest BCUT2D eigenvalue weighted by atomic mass is 32.1. The predicted molar refractivity (Wildman–Crippen MR) is 81.6 cm³/mol. The Labute approximate surface area is 114 Å². The van der Waals surface area contributed by atoms with Gasteiger partial charge in [0.05, 0.1) is 10.4 Å². The Morgan fingerprint density at radius 2 is 1.95 bits per heavy atom. The summed E-state index contributed by atoms with van der Waals surface area (Å²) in [4.78, 5) is 3.33. The van der Waals surface area contributed by atoms with Gasteiger partial charge in [0.15, 0.2) is 0 Å². The van der Waals surface area contributed by atoms with Crippen LogP contribution in [0.2, 0.25) is 0 Å². The van der Waals surface area contributed by atoms with Crippen LogP contribution in [0.25, 0.3) is 32.2 Å². The van der Waals surface area contributed by atoms with Gasteiger partial charge in [-0.25, -0.2) is 0 Å². The fraction of sp³-hybridized carbons (Fsp3) is 0.0625. The zero-order chi connectivity index (χ0) is 12.8. The van der Waals surface area contributed by atoms with E-state index >= 15 is 0 Å². The highest BCUT2D eigenvalue weighted by molar-refractivity contribution is 7.13. The fourth-order valence-corrected chi connectivity index (χ4v) is 3.30. The topological polar surface area (TPSA) is 28.7 Å². The molecule has 0 fully saturated rings. The molecule has 0 aliphatic carbocycles. The summed E-state index contributed by atoms with van der Waals surface area (Å²) in [5, 5.41) is 2.48. The molecule has 92 valence electrons. The second-order valence-electron chi connectivity index (χ2n) is 4.78. The van der Waals surface area contributed by atoms with Crippen molar-refractivity contribution in [2.24, 2.45) is 0 Å². The Hall–Kier alpha value is -2.13. The van der Waals surface area contributed by atoms with Crippen LogP contribution in [0.15, 0.2) is 48.7 Å². The molecule has 2 aromatic carbocycles. The standard InChI is InChI=1S/C16H12N2S/c1-10-6-7-14-12(8-10)13(9-17-14)16-11-4-2-3-5-15(11)19-18-16/h2-9,17H,1H3. The summed E-state index contributed by atoms with van der Waals surface area (Å²) in [6, 6.07) is 14.9. The molecule has 2 nitrogen and oxygen atoms in total. The molecule has 0 unspecified atom stereocenters. The fourth-order valence-electron chi connectivity index (χ4n) is 2.51. The van der Waals surface area contributed by atoms with Crippen LogP contribution in [0.4, 0.5) is 0 Å². The van der Waals surface area contributed by atoms with Crippen LogP contribution >= 0.6 is 11.5 Å². The van der Waals surface area contributed by atoms with Gasteiger partial charge >= 0.3 is 0 Å². The monoisotopic (exact) mass is 264 g/mol. The van der Waals surface area contributed by atoms with Gasteiger partial charge in [0.2, 0.25) is 0 Å². The van der Waals surface area contributed by atoms with Crippen LogP contribution in [0, 0.1) is 6.92 Å². The van der Waals surface area contributed by atoms with Gasteiger partial charge in [-0.2, -0.15) is 4.37 Å². The first-order chi connectivity index (χ1) is 9.33. The summed E-state index contributed by atoms with van der Waals surface area (Å²) in [5.41, 5.74) is 4.71. The van der Waals surface area contributed by atoms with Crippen LogP contribution in [0.5, 0.6) is 0 Å². The molecular formula is C16H12N2S. The van der Waals surface area contributed by atoms with E-state index in [-0.39, 0.29) is 0 Å². The number of nitrogens with one attached hydrogen (secondary N) is 1. The second-order valence-corrected chi connectivity index (χ2v) is 5.58.